The van der Waals surface area contributed by atoms with E-state index in [0.29, 0.717) is 16.6 Å². The molecule has 0 spiro atoms. The molecule has 0 fully saturated rings. The van der Waals surface area contributed by atoms with E-state index in [2.05, 4.69) is 15.3 Å². The highest BCUT2D eigenvalue weighted by molar-refractivity contribution is 5.90. The number of nitrogens with one attached hydrogen (secondary N) is 1. The molecule has 0 bridgehead atoms. The summed E-state index contributed by atoms with van der Waals surface area (Å²) >= 11 is 0. The SMILES string of the molecule is Cc1cccc2c(=O)n(CCC(=O)Nc3cccnc3)cnc12. The molecule has 23 heavy (non-hydrogen) atoms. The van der Waals surface area contributed by atoms with Crippen LogP contribution < -0.4 is 10.9 Å². The van der Waals surface area contributed by atoms with Gasteiger partial charge in [0.25, 0.3) is 5.56 Å². The number of hydrogen-bond donors (Lipinski definition) is 1. The zero-order valence-corrected chi connectivity index (χ0v) is 12.7. The predicted octanol–water partition coefficient (Wildman–Crippen LogP) is 2.13. The third kappa shape index (κ3) is 3.26. The van der Waals surface area contributed by atoms with Gasteiger partial charge in [-0.05, 0) is 30.7 Å². The summed E-state index contributed by atoms with van der Waals surface area (Å²) in [6.07, 6.45) is 4.89. The number of pyridine rings is 1. The predicted molar refractivity (Wildman–Crippen MR) is 88.2 cm³/mol. The fraction of sp³-hybridized carbons (Fsp3) is 0.176. The molecule has 1 amide bonds. The molecule has 3 rings (SSSR count). The third-order valence-electron chi connectivity index (χ3n) is 3.58. The van der Waals surface area contributed by atoms with Crippen LogP contribution in [-0.2, 0) is 11.3 Å². The van der Waals surface area contributed by atoms with Crippen molar-refractivity contribution in [2.24, 2.45) is 0 Å². The topological polar surface area (TPSA) is 76.9 Å². The molecular weight excluding hydrogens is 292 g/mol. The van der Waals surface area contributed by atoms with E-state index < -0.39 is 0 Å². The third-order valence-corrected chi connectivity index (χ3v) is 3.58. The summed E-state index contributed by atoms with van der Waals surface area (Å²) in [6, 6.07) is 9.01. The van der Waals surface area contributed by atoms with Crippen LogP contribution in [0.15, 0.2) is 53.8 Å². The van der Waals surface area contributed by atoms with Crippen molar-refractivity contribution in [2.45, 2.75) is 19.9 Å². The average molecular weight is 308 g/mol. The van der Waals surface area contributed by atoms with Gasteiger partial charge in [0.1, 0.15) is 0 Å². The lowest BCUT2D eigenvalue weighted by Gasteiger charge is -2.08. The van der Waals surface area contributed by atoms with Crippen molar-refractivity contribution in [3.05, 3.63) is 65.0 Å². The second kappa shape index (κ2) is 6.39. The molecule has 0 atom stereocenters. The number of nitrogens with zero attached hydrogens (tertiary/aromatic N) is 3. The van der Waals surface area contributed by atoms with Crippen molar-refractivity contribution >= 4 is 22.5 Å². The molecule has 6 nitrogen and oxygen atoms in total. The summed E-state index contributed by atoms with van der Waals surface area (Å²) in [5, 5.41) is 3.31. The summed E-state index contributed by atoms with van der Waals surface area (Å²) in [6.45, 7) is 2.20. The Kier molecular flexibility index (Phi) is 4.14. The first-order chi connectivity index (χ1) is 11.1. The van der Waals surface area contributed by atoms with Gasteiger partial charge in [-0.3, -0.25) is 19.1 Å². The Labute approximate surface area is 132 Å². The van der Waals surface area contributed by atoms with Crippen molar-refractivity contribution in [3.63, 3.8) is 0 Å². The van der Waals surface area contributed by atoms with Crippen LogP contribution >= 0.6 is 0 Å². The molecule has 0 aliphatic heterocycles. The molecular formula is C17H16N4O2. The molecule has 0 aliphatic carbocycles. The second-order valence-corrected chi connectivity index (χ2v) is 5.25. The number of aryl methyl sites for hydroxylation is 2. The highest BCUT2D eigenvalue weighted by Gasteiger charge is 2.08. The number of carbonyl (C=O) groups excluding carboxylic acids is 1. The minimum atomic E-state index is -0.172. The summed E-state index contributed by atoms with van der Waals surface area (Å²) in [5.41, 5.74) is 2.17. The molecule has 1 aromatic carbocycles. The molecule has 6 heteroatoms. The largest absolute Gasteiger partial charge is 0.325 e. The Morgan fingerprint density at radius 3 is 2.91 bits per heavy atom. The average Bonchev–Trinajstić information content (AvgIpc) is 2.56. The molecule has 0 unspecified atom stereocenters. The Morgan fingerprint density at radius 1 is 1.26 bits per heavy atom. The van der Waals surface area contributed by atoms with Gasteiger partial charge < -0.3 is 5.32 Å². The molecule has 116 valence electrons. The fourth-order valence-corrected chi connectivity index (χ4v) is 2.38. The first kappa shape index (κ1) is 14.9. The number of rotatable bonds is 4. The highest BCUT2D eigenvalue weighted by atomic mass is 16.1. The van der Waals surface area contributed by atoms with Crippen LogP contribution in [0.1, 0.15) is 12.0 Å². The van der Waals surface area contributed by atoms with Gasteiger partial charge in [-0.1, -0.05) is 12.1 Å². The zero-order chi connectivity index (χ0) is 16.2. The maximum atomic E-state index is 12.4. The van der Waals surface area contributed by atoms with E-state index in [0.717, 1.165) is 5.56 Å². The van der Waals surface area contributed by atoms with Crippen molar-refractivity contribution in [2.75, 3.05) is 5.32 Å². The minimum absolute atomic E-state index is 0.132. The van der Waals surface area contributed by atoms with Crippen molar-refractivity contribution < 1.29 is 4.79 Å². The van der Waals surface area contributed by atoms with E-state index >= 15 is 0 Å². The quantitative estimate of drug-likeness (QED) is 0.801. The number of benzene rings is 1. The molecule has 3 aromatic rings. The van der Waals surface area contributed by atoms with E-state index in [-0.39, 0.29) is 24.4 Å². The van der Waals surface area contributed by atoms with Gasteiger partial charge >= 0.3 is 0 Å². The van der Waals surface area contributed by atoms with E-state index in [4.69, 9.17) is 0 Å². The Morgan fingerprint density at radius 2 is 2.13 bits per heavy atom. The van der Waals surface area contributed by atoms with Gasteiger partial charge in [-0.2, -0.15) is 0 Å². The number of amides is 1. The monoisotopic (exact) mass is 308 g/mol. The fourth-order valence-electron chi connectivity index (χ4n) is 2.38. The standard InChI is InChI=1S/C17H16N4O2/c1-12-4-2-6-14-16(12)19-11-21(17(14)23)9-7-15(22)20-13-5-3-8-18-10-13/h2-6,8,10-11H,7,9H2,1H3,(H,20,22). The maximum absolute atomic E-state index is 12.4. The van der Waals surface area contributed by atoms with Crippen molar-refractivity contribution in [3.8, 4) is 0 Å². The van der Waals surface area contributed by atoms with Crippen LogP contribution in [0.5, 0.6) is 0 Å². The van der Waals surface area contributed by atoms with Crippen LogP contribution in [0.3, 0.4) is 0 Å². The van der Waals surface area contributed by atoms with E-state index in [1.54, 1.807) is 30.6 Å². The first-order valence-corrected chi connectivity index (χ1v) is 7.30. The number of aromatic nitrogens is 3. The van der Waals surface area contributed by atoms with E-state index in [9.17, 15) is 9.59 Å². The number of para-hydroxylation sites is 1. The summed E-state index contributed by atoms with van der Waals surface area (Å²) < 4.78 is 1.46. The second-order valence-electron chi connectivity index (χ2n) is 5.25. The smallest absolute Gasteiger partial charge is 0.261 e. The molecule has 2 aromatic heterocycles. The lowest BCUT2D eigenvalue weighted by Crippen LogP contribution is -2.23. The van der Waals surface area contributed by atoms with Gasteiger partial charge in [-0.25, -0.2) is 4.98 Å². The molecule has 0 radical (unpaired) electrons. The Bertz CT molecular complexity index is 903. The van der Waals surface area contributed by atoms with Crippen LogP contribution in [-0.4, -0.2) is 20.4 Å². The molecule has 2 heterocycles. The molecule has 0 saturated heterocycles. The maximum Gasteiger partial charge on any atom is 0.261 e. The Hall–Kier alpha value is -3.02. The summed E-state index contributed by atoms with van der Waals surface area (Å²) in [7, 11) is 0. The van der Waals surface area contributed by atoms with Crippen LogP contribution in [0.4, 0.5) is 5.69 Å². The van der Waals surface area contributed by atoms with E-state index in [1.165, 1.54) is 10.9 Å². The summed E-state index contributed by atoms with van der Waals surface area (Å²) in [5.74, 6) is -0.172. The van der Waals surface area contributed by atoms with E-state index in [1.807, 2.05) is 19.1 Å². The molecule has 1 N–H and O–H groups in total. The summed E-state index contributed by atoms with van der Waals surface area (Å²) in [4.78, 5) is 32.6. The molecule has 0 aliphatic rings. The highest BCUT2D eigenvalue weighted by Crippen LogP contribution is 2.11. The normalized spacial score (nSPS) is 10.7. The van der Waals surface area contributed by atoms with Gasteiger partial charge in [0.05, 0.1) is 29.1 Å². The lowest BCUT2D eigenvalue weighted by atomic mass is 10.1. The molecule has 0 saturated carbocycles. The minimum Gasteiger partial charge on any atom is -0.325 e. The first-order valence-electron chi connectivity index (χ1n) is 7.30. The van der Waals surface area contributed by atoms with Gasteiger partial charge in [0.2, 0.25) is 5.91 Å². The van der Waals surface area contributed by atoms with Crippen molar-refractivity contribution in [1.29, 1.82) is 0 Å². The van der Waals surface area contributed by atoms with Crippen LogP contribution in [0, 0.1) is 6.92 Å². The number of carbonyl (C=O) groups is 1. The van der Waals surface area contributed by atoms with Gasteiger partial charge in [-0.15, -0.1) is 0 Å². The van der Waals surface area contributed by atoms with Crippen molar-refractivity contribution in [1.82, 2.24) is 14.5 Å². The van der Waals surface area contributed by atoms with Crippen LogP contribution in [0.2, 0.25) is 0 Å². The van der Waals surface area contributed by atoms with Gasteiger partial charge in [0.15, 0.2) is 0 Å². The Balaban J connectivity index is 1.74. The van der Waals surface area contributed by atoms with Crippen LogP contribution in [0.25, 0.3) is 10.9 Å². The lowest BCUT2D eigenvalue weighted by molar-refractivity contribution is -0.116. The zero-order valence-electron chi connectivity index (χ0n) is 12.7. The van der Waals surface area contributed by atoms with Gasteiger partial charge in [0, 0.05) is 19.2 Å². The number of fused-ring (bicyclic) bond motifs is 1. The number of anilines is 1. The number of hydrogen-bond acceptors (Lipinski definition) is 4.